The first kappa shape index (κ1) is 10.4. The van der Waals surface area contributed by atoms with E-state index in [2.05, 4.69) is 4.52 Å². The van der Waals surface area contributed by atoms with Gasteiger partial charge in [0.2, 0.25) is 0 Å². The fraction of sp³-hybridized carbons (Fsp3) is 1.00. The molecule has 1 aliphatic carbocycles. The van der Waals surface area contributed by atoms with Crippen LogP contribution in [0.5, 0.6) is 0 Å². The second-order valence-corrected chi connectivity index (χ2v) is 4.14. The first-order valence-corrected chi connectivity index (χ1v) is 5.76. The molecule has 3 nitrogen and oxygen atoms in total. The minimum Gasteiger partial charge on any atom is -0.328 e. The maximum absolute atomic E-state index is 8.44. The van der Waals surface area contributed by atoms with Gasteiger partial charge in [-0.1, -0.05) is 25.7 Å². The van der Waals surface area contributed by atoms with Crippen LogP contribution in [0.2, 0.25) is 0 Å². The highest BCUT2D eigenvalue weighted by atomic mass is 31.2. The zero-order chi connectivity index (χ0) is 8.81. The Morgan fingerprint density at radius 2 is 1.92 bits per heavy atom. The van der Waals surface area contributed by atoms with Gasteiger partial charge in [-0.25, -0.2) is 0 Å². The molecule has 0 amide bonds. The van der Waals surface area contributed by atoms with E-state index >= 15 is 0 Å². The van der Waals surface area contributed by atoms with E-state index < -0.39 is 8.60 Å². The Bertz CT molecular complexity index is 113. The van der Waals surface area contributed by atoms with Gasteiger partial charge in [-0.3, -0.25) is 0 Å². The Kier molecular flexibility index (Phi) is 5.08. The summed E-state index contributed by atoms with van der Waals surface area (Å²) in [6.07, 6.45) is 7.60. The van der Waals surface area contributed by atoms with E-state index in [1.54, 1.807) is 0 Å². The highest BCUT2D eigenvalue weighted by molar-refractivity contribution is 7.39. The molecule has 0 aliphatic heterocycles. The van der Waals surface area contributed by atoms with Gasteiger partial charge < -0.3 is 14.3 Å². The zero-order valence-corrected chi connectivity index (χ0v) is 8.17. The van der Waals surface area contributed by atoms with Crippen molar-refractivity contribution in [2.45, 2.75) is 38.5 Å². The Morgan fingerprint density at radius 3 is 2.50 bits per heavy atom. The first-order chi connectivity index (χ1) is 5.79. The maximum Gasteiger partial charge on any atom is 0.327 e. The van der Waals surface area contributed by atoms with Gasteiger partial charge in [0.15, 0.2) is 0 Å². The molecule has 0 aromatic carbocycles. The van der Waals surface area contributed by atoms with Crippen LogP contribution in [0.15, 0.2) is 0 Å². The highest BCUT2D eigenvalue weighted by Gasteiger charge is 2.14. The van der Waals surface area contributed by atoms with Crippen molar-refractivity contribution in [3.63, 3.8) is 0 Å². The number of rotatable bonds is 5. The zero-order valence-electron chi connectivity index (χ0n) is 7.28. The van der Waals surface area contributed by atoms with Gasteiger partial charge >= 0.3 is 8.60 Å². The van der Waals surface area contributed by atoms with Crippen LogP contribution in [0, 0.1) is 5.92 Å². The van der Waals surface area contributed by atoms with E-state index in [0.717, 1.165) is 12.3 Å². The fourth-order valence-electron chi connectivity index (χ4n) is 1.82. The van der Waals surface area contributed by atoms with Crippen LogP contribution in [-0.4, -0.2) is 16.4 Å². The van der Waals surface area contributed by atoms with E-state index in [9.17, 15) is 0 Å². The van der Waals surface area contributed by atoms with Crippen molar-refractivity contribution in [1.29, 1.82) is 0 Å². The Hall–Kier alpha value is 0.310. The van der Waals surface area contributed by atoms with Crippen molar-refractivity contribution >= 4 is 8.60 Å². The summed E-state index contributed by atoms with van der Waals surface area (Å²) in [5.74, 6) is 0.872. The largest absolute Gasteiger partial charge is 0.328 e. The lowest BCUT2D eigenvalue weighted by Crippen LogP contribution is -1.96. The standard InChI is InChI=1S/C8H17O3P/c9-12(10)11-7-3-6-8-4-1-2-5-8/h8-10H,1-7H2. The molecule has 0 unspecified atom stereocenters. The molecule has 0 radical (unpaired) electrons. The highest BCUT2D eigenvalue weighted by Crippen LogP contribution is 2.30. The van der Waals surface area contributed by atoms with Crippen LogP contribution in [0.4, 0.5) is 0 Å². The maximum atomic E-state index is 8.44. The molecule has 0 bridgehead atoms. The average molecular weight is 192 g/mol. The van der Waals surface area contributed by atoms with Crippen molar-refractivity contribution in [1.82, 2.24) is 0 Å². The molecule has 0 atom stereocenters. The Morgan fingerprint density at radius 1 is 1.25 bits per heavy atom. The van der Waals surface area contributed by atoms with Gasteiger partial charge in [-0.15, -0.1) is 0 Å². The monoisotopic (exact) mass is 192 g/mol. The third kappa shape index (κ3) is 4.36. The van der Waals surface area contributed by atoms with Crippen molar-refractivity contribution in [3.05, 3.63) is 0 Å². The van der Waals surface area contributed by atoms with Crippen molar-refractivity contribution in [3.8, 4) is 0 Å². The van der Waals surface area contributed by atoms with Crippen LogP contribution < -0.4 is 0 Å². The topological polar surface area (TPSA) is 49.7 Å². The second-order valence-electron chi connectivity index (χ2n) is 3.38. The van der Waals surface area contributed by atoms with Crippen LogP contribution in [0.1, 0.15) is 38.5 Å². The molecular weight excluding hydrogens is 175 g/mol. The van der Waals surface area contributed by atoms with Crippen molar-refractivity contribution in [2.24, 2.45) is 5.92 Å². The van der Waals surface area contributed by atoms with Gasteiger partial charge in [-0.2, -0.15) is 0 Å². The molecule has 12 heavy (non-hydrogen) atoms. The predicted molar refractivity (Wildman–Crippen MR) is 48.5 cm³/mol. The fourth-order valence-corrected chi connectivity index (χ4v) is 2.11. The lowest BCUT2D eigenvalue weighted by atomic mass is 10.0. The summed E-state index contributed by atoms with van der Waals surface area (Å²) in [4.78, 5) is 16.9. The molecule has 0 spiro atoms. The minimum atomic E-state index is -2.12. The van der Waals surface area contributed by atoms with E-state index in [1.165, 1.54) is 32.1 Å². The molecule has 72 valence electrons. The minimum absolute atomic E-state index is 0.495. The summed E-state index contributed by atoms with van der Waals surface area (Å²) in [6, 6.07) is 0. The van der Waals surface area contributed by atoms with E-state index in [-0.39, 0.29) is 0 Å². The molecule has 1 rings (SSSR count). The lowest BCUT2D eigenvalue weighted by molar-refractivity contribution is 0.243. The molecule has 1 saturated carbocycles. The molecule has 2 N–H and O–H groups in total. The molecule has 1 aliphatic rings. The SMILES string of the molecule is OP(O)OCCCC1CCCC1. The number of hydrogen-bond donors (Lipinski definition) is 2. The summed E-state index contributed by atoms with van der Waals surface area (Å²) in [7, 11) is -2.12. The second kappa shape index (κ2) is 5.87. The van der Waals surface area contributed by atoms with E-state index in [1.807, 2.05) is 0 Å². The van der Waals surface area contributed by atoms with Gasteiger partial charge in [0.25, 0.3) is 0 Å². The van der Waals surface area contributed by atoms with Crippen LogP contribution in [0.3, 0.4) is 0 Å². The summed E-state index contributed by atoms with van der Waals surface area (Å²) in [5, 5.41) is 0. The third-order valence-corrected chi connectivity index (χ3v) is 2.85. The molecule has 1 fully saturated rings. The van der Waals surface area contributed by atoms with Crippen LogP contribution >= 0.6 is 8.60 Å². The predicted octanol–water partition coefficient (Wildman–Crippen LogP) is 2.18. The molecular formula is C8H17O3P. The summed E-state index contributed by atoms with van der Waals surface area (Å²) in [5.41, 5.74) is 0. The van der Waals surface area contributed by atoms with Gasteiger partial charge in [0, 0.05) is 0 Å². The van der Waals surface area contributed by atoms with Crippen LogP contribution in [-0.2, 0) is 4.52 Å². The molecule has 0 aromatic heterocycles. The third-order valence-electron chi connectivity index (χ3n) is 2.44. The smallest absolute Gasteiger partial charge is 0.327 e. The van der Waals surface area contributed by atoms with Crippen molar-refractivity contribution < 1.29 is 14.3 Å². The van der Waals surface area contributed by atoms with Gasteiger partial charge in [-0.05, 0) is 18.8 Å². The van der Waals surface area contributed by atoms with Gasteiger partial charge in [0.05, 0.1) is 6.61 Å². The lowest BCUT2D eigenvalue weighted by Gasteiger charge is -2.08. The van der Waals surface area contributed by atoms with E-state index in [0.29, 0.717) is 6.61 Å². The van der Waals surface area contributed by atoms with Crippen LogP contribution in [0.25, 0.3) is 0 Å². The van der Waals surface area contributed by atoms with Gasteiger partial charge in [0.1, 0.15) is 0 Å². The number of hydrogen-bond acceptors (Lipinski definition) is 3. The molecule has 0 heterocycles. The summed E-state index contributed by atoms with van der Waals surface area (Å²) < 4.78 is 4.68. The summed E-state index contributed by atoms with van der Waals surface area (Å²) in [6.45, 7) is 0.495. The summed E-state index contributed by atoms with van der Waals surface area (Å²) >= 11 is 0. The van der Waals surface area contributed by atoms with E-state index in [4.69, 9.17) is 9.79 Å². The average Bonchev–Trinajstić information content (AvgIpc) is 2.49. The quantitative estimate of drug-likeness (QED) is 0.518. The normalized spacial score (nSPS) is 19.2. The van der Waals surface area contributed by atoms with Crippen molar-refractivity contribution in [2.75, 3.05) is 6.61 Å². The Balaban J connectivity index is 1.88. The molecule has 0 saturated heterocycles. The Labute approximate surface area is 74.7 Å². The first-order valence-electron chi connectivity index (χ1n) is 4.60. The molecule has 4 heteroatoms. The molecule has 0 aromatic rings.